The molecule has 0 aromatic rings. The lowest BCUT2D eigenvalue weighted by Gasteiger charge is -2.03. The standard InChI is InChI=1S/C15H33O2P/c1-3-4-5-6-7-8-9-10-11-12-13-14-15-17-18(2)16/h18H,3-15H2,1-2H3. The molecule has 0 saturated heterocycles. The van der Waals surface area contributed by atoms with Gasteiger partial charge in [0.25, 0.3) is 0 Å². The van der Waals surface area contributed by atoms with Crippen molar-refractivity contribution in [2.45, 2.75) is 84.0 Å². The second-order valence-electron chi connectivity index (χ2n) is 5.23. The van der Waals surface area contributed by atoms with Crippen molar-refractivity contribution in [2.75, 3.05) is 13.3 Å². The van der Waals surface area contributed by atoms with E-state index in [1.807, 2.05) is 0 Å². The van der Waals surface area contributed by atoms with Crippen molar-refractivity contribution in [3.63, 3.8) is 0 Å². The SMILES string of the molecule is CCCCCCCCCCCCCCO[PH](C)=O. The van der Waals surface area contributed by atoms with Gasteiger partial charge in [-0.25, -0.2) is 0 Å². The van der Waals surface area contributed by atoms with Crippen molar-refractivity contribution in [1.29, 1.82) is 0 Å². The van der Waals surface area contributed by atoms with Gasteiger partial charge in [-0.1, -0.05) is 77.6 Å². The normalized spacial score (nSPS) is 12.8. The third-order valence-corrected chi connectivity index (χ3v) is 3.91. The van der Waals surface area contributed by atoms with E-state index in [1.165, 1.54) is 70.6 Å². The second kappa shape index (κ2) is 15.2. The molecule has 0 N–H and O–H groups in total. The zero-order valence-corrected chi connectivity index (χ0v) is 13.5. The highest BCUT2D eigenvalue weighted by Gasteiger charge is 1.94. The summed E-state index contributed by atoms with van der Waals surface area (Å²) in [4.78, 5) is 0. The van der Waals surface area contributed by atoms with Gasteiger partial charge in [-0.2, -0.15) is 0 Å². The molecule has 0 spiro atoms. The third-order valence-electron chi connectivity index (χ3n) is 3.30. The van der Waals surface area contributed by atoms with Crippen LogP contribution in [0.25, 0.3) is 0 Å². The maximum absolute atomic E-state index is 10.7. The van der Waals surface area contributed by atoms with E-state index in [1.54, 1.807) is 6.66 Å². The average Bonchev–Trinajstić information content (AvgIpc) is 2.34. The maximum Gasteiger partial charge on any atom is 0.188 e. The fraction of sp³-hybridized carbons (Fsp3) is 1.00. The van der Waals surface area contributed by atoms with Crippen LogP contribution in [0, 0.1) is 0 Å². The van der Waals surface area contributed by atoms with Crippen LogP contribution < -0.4 is 0 Å². The van der Waals surface area contributed by atoms with Gasteiger partial charge in [0.2, 0.25) is 0 Å². The van der Waals surface area contributed by atoms with E-state index in [9.17, 15) is 4.57 Å². The lowest BCUT2D eigenvalue weighted by atomic mass is 10.1. The molecule has 110 valence electrons. The third kappa shape index (κ3) is 16.2. The minimum atomic E-state index is -1.70. The molecule has 0 aliphatic heterocycles. The molecule has 0 aromatic carbocycles. The molecule has 3 heteroatoms. The summed E-state index contributed by atoms with van der Waals surface area (Å²) in [5.74, 6) is 0. The molecule has 0 saturated carbocycles. The zero-order chi connectivity index (χ0) is 13.5. The summed E-state index contributed by atoms with van der Waals surface area (Å²) >= 11 is 0. The van der Waals surface area contributed by atoms with E-state index in [4.69, 9.17) is 4.52 Å². The second-order valence-corrected chi connectivity index (χ2v) is 6.50. The molecule has 2 nitrogen and oxygen atoms in total. The van der Waals surface area contributed by atoms with Crippen molar-refractivity contribution in [3.8, 4) is 0 Å². The van der Waals surface area contributed by atoms with Crippen LogP contribution in [-0.4, -0.2) is 13.3 Å². The summed E-state index contributed by atoms with van der Waals surface area (Å²) in [6, 6.07) is 0. The monoisotopic (exact) mass is 276 g/mol. The van der Waals surface area contributed by atoms with Crippen LogP contribution in [0.4, 0.5) is 0 Å². The van der Waals surface area contributed by atoms with Gasteiger partial charge in [0.1, 0.15) is 0 Å². The van der Waals surface area contributed by atoms with Gasteiger partial charge in [0.15, 0.2) is 8.03 Å². The van der Waals surface area contributed by atoms with Crippen molar-refractivity contribution in [2.24, 2.45) is 0 Å². The Bertz CT molecular complexity index is 183. The molecule has 0 aromatic heterocycles. The Morgan fingerprint density at radius 1 is 0.722 bits per heavy atom. The van der Waals surface area contributed by atoms with E-state index in [0.29, 0.717) is 6.61 Å². The molecule has 1 atom stereocenters. The number of unbranched alkanes of at least 4 members (excludes halogenated alkanes) is 11. The Balaban J connectivity index is 2.92. The average molecular weight is 276 g/mol. The molecule has 0 heterocycles. The minimum absolute atomic E-state index is 0.686. The zero-order valence-electron chi connectivity index (χ0n) is 12.5. The highest BCUT2D eigenvalue weighted by Crippen LogP contribution is 2.16. The molecule has 0 radical (unpaired) electrons. The molecule has 0 rings (SSSR count). The quantitative estimate of drug-likeness (QED) is 0.295. The van der Waals surface area contributed by atoms with Crippen molar-refractivity contribution >= 4 is 8.03 Å². The smallest absolute Gasteiger partial charge is 0.188 e. The van der Waals surface area contributed by atoms with E-state index >= 15 is 0 Å². The van der Waals surface area contributed by atoms with Gasteiger partial charge >= 0.3 is 0 Å². The molecule has 0 fully saturated rings. The van der Waals surface area contributed by atoms with Crippen LogP contribution in [0.2, 0.25) is 0 Å². The Morgan fingerprint density at radius 3 is 1.50 bits per heavy atom. The van der Waals surface area contributed by atoms with Gasteiger partial charge < -0.3 is 4.52 Å². The molecule has 0 amide bonds. The molecule has 18 heavy (non-hydrogen) atoms. The van der Waals surface area contributed by atoms with Crippen LogP contribution in [0.3, 0.4) is 0 Å². The summed E-state index contributed by atoms with van der Waals surface area (Å²) in [5, 5.41) is 0. The molecular weight excluding hydrogens is 243 g/mol. The van der Waals surface area contributed by atoms with E-state index in [0.717, 1.165) is 6.42 Å². The highest BCUT2D eigenvalue weighted by molar-refractivity contribution is 7.38. The Hall–Kier alpha value is 0.190. The minimum Gasteiger partial charge on any atom is -0.331 e. The Kier molecular flexibility index (Phi) is 15.4. The summed E-state index contributed by atoms with van der Waals surface area (Å²) in [7, 11) is -1.70. The lowest BCUT2D eigenvalue weighted by Crippen LogP contribution is -1.87. The van der Waals surface area contributed by atoms with Crippen LogP contribution in [0.15, 0.2) is 0 Å². The Morgan fingerprint density at radius 2 is 1.11 bits per heavy atom. The largest absolute Gasteiger partial charge is 0.331 e. The van der Waals surface area contributed by atoms with Crippen molar-refractivity contribution in [1.82, 2.24) is 0 Å². The predicted octanol–water partition coefficient (Wildman–Crippen LogP) is 5.81. The first-order valence-electron chi connectivity index (χ1n) is 7.90. The highest BCUT2D eigenvalue weighted by atomic mass is 31.1. The number of hydrogen-bond acceptors (Lipinski definition) is 2. The summed E-state index contributed by atoms with van der Waals surface area (Å²) in [6.45, 7) is 4.61. The molecular formula is C15H33O2P. The number of hydrogen-bond donors (Lipinski definition) is 0. The lowest BCUT2D eigenvalue weighted by molar-refractivity contribution is 0.318. The first-order valence-corrected chi connectivity index (χ1v) is 9.72. The summed E-state index contributed by atoms with van der Waals surface area (Å²) in [5.41, 5.74) is 0. The van der Waals surface area contributed by atoms with E-state index < -0.39 is 8.03 Å². The van der Waals surface area contributed by atoms with E-state index in [-0.39, 0.29) is 0 Å². The topological polar surface area (TPSA) is 26.3 Å². The van der Waals surface area contributed by atoms with Crippen LogP contribution in [0.5, 0.6) is 0 Å². The first kappa shape index (κ1) is 18.2. The Labute approximate surface area is 115 Å². The van der Waals surface area contributed by atoms with Gasteiger partial charge in [-0.3, -0.25) is 4.57 Å². The molecule has 0 bridgehead atoms. The van der Waals surface area contributed by atoms with Crippen molar-refractivity contribution < 1.29 is 9.09 Å². The fourth-order valence-electron chi connectivity index (χ4n) is 2.16. The van der Waals surface area contributed by atoms with Crippen LogP contribution in [-0.2, 0) is 9.09 Å². The van der Waals surface area contributed by atoms with E-state index in [2.05, 4.69) is 6.92 Å². The van der Waals surface area contributed by atoms with Crippen LogP contribution >= 0.6 is 8.03 Å². The van der Waals surface area contributed by atoms with Gasteiger partial charge in [0, 0.05) is 6.66 Å². The van der Waals surface area contributed by atoms with Gasteiger partial charge in [-0.05, 0) is 6.42 Å². The van der Waals surface area contributed by atoms with Gasteiger partial charge in [-0.15, -0.1) is 0 Å². The molecule has 0 aliphatic carbocycles. The van der Waals surface area contributed by atoms with Gasteiger partial charge in [0.05, 0.1) is 6.61 Å². The number of rotatable bonds is 14. The molecule has 0 aliphatic rings. The fourth-order valence-corrected chi connectivity index (χ4v) is 2.59. The van der Waals surface area contributed by atoms with Crippen LogP contribution in [0.1, 0.15) is 84.0 Å². The van der Waals surface area contributed by atoms with Crippen molar-refractivity contribution in [3.05, 3.63) is 0 Å². The maximum atomic E-state index is 10.7. The molecule has 1 unspecified atom stereocenters. The predicted molar refractivity (Wildman–Crippen MR) is 82.0 cm³/mol. The first-order chi connectivity index (χ1) is 8.77. The summed E-state index contributed by atoms with van der Waals surface area (Å²) < 4.78 is 15.8. The summed E-state index contributed by atoms with van der Waals surface area (Å²) in [6.07, 6.45) is 16.2.